The summed E-state index contributed by atoms with van der Waals surface area (Å²) in [5.41, 5.74) is 5.03. The van der Waals surface area contributed by atoms with Crippen LogP contribution in [0.5, 0.6) is 0 Å². The molecule has 0 radical (unpaired) electrons. The van der Waals surface area contributed by atoms with E-state index in [0.717, 1.165) is 5.69 Å². The second-order valence-corrected chi connectivity index (χ2v) is 4.61. The second kappa shape index (κ2) is 4.62. The largest absolute Gasteiger partial charge is 0.376 e. The Morgan fingerprint density at radius 3 is 2.59 bits per heavy atom. The van der Waals surface area contributed by atoms with Crippen molar-refractivity contribution >= 4 is 5.69 Å². The number of nitrogens with one attached hydrogen (secondary N) is 1. The monoisotopic (exact) mass is 229 g/mol. The van der Waals surface area contributed by atoms with Crippen LogP contribution in [0.2, 0.25) is 0 Å². The van der Waals surface area contributed by atoms with Crippen molar-refractivity contribution in [3.63, 3.8) is 0 Å². The molecule has 2 rings (SSSR count). The molecule has 1 atom stereocenters. The Morgan fingerprint density at radius 2 is 2.00 bits per heavy atom. The normalized spacial score (nSPS) is 12.5. The molecule has 0 saturated carbocycles. The summed E-state index contributed by atoms with van der Waals surface area (Å²) in [4.78, 5) is 0. The van der Waals surface area contributed by atoms with Gasteiger partial charge in [0.15, 0.2) is 0 Å². The van der Waals surface area contributed by atoms with Crippen LogP contribution < -0.4 is 5.32 Å². The van der Waals surface area contributed by atoms with Gasteiger partial charge >= 0.3 is 0 Å². The average Bonchev–Trinajstić information content (AvgIpc) is 2.68. The third-order valence-corrected chi connectivity index (χ3v) is 3.12. The molecule has 1 aromatic carbocycles. The Kier molecular flexibility index (Phi) is 3.18. The topological polar surface area (TPSA) is 29.9 Å². The molecule has 1 aromatic heterocycles. The highest BCUT2D eigenvalue weighted by molar-refractivity contribution is 5.42. The number of benzene rings is 1. The summed E-state index contributed by atoms with van der Waals surface area (Å²) in [7, 11) is 1.92. The van der Waals surface area contributed by atoms with Gasteiger partial charge < -0.3 is 5.32 Å². The van der Waals surface area contributed by atoms with Crippen LogP contribution in [-0.2, 0) is 7.05 Å². The molecule has 1 unspecified atom stereocenters. The molecule has 3 heteroatoms. The molecule has 0 aliphatic rings. The SMILES string of the molecule is Cc1ccc(C(C)Nc2cnn(C)c2)cc1C. The third-order valence-electron chi connectivity index (χ3n) is 3.12. The van der Waals surface area contributed by atoms with Gasteiger partial charge in [0.25, 0.3) is 0 Å². The van der Waals surface area contributed by atoms with Crippen molar-refractivity contribution in [1.82, 2.24) is 9.78 Å². The maximum atomic E-state index is 4.15. The molecule has 3 nitrogen and oxygen atoms in total. The first-order chi connectivity index (χ1) is 8.06. The highest BCUT2D eigenvalue weighted by atomic mass is 15.3. The Morgan fingerprint density at radius 1 is 1.24 bits per heavy atom. The molecule has 17 heavy (non-hydrogen) atoms. The van der Waals surface area contributed by atoms with Gasteiger partial charge in [0, 0.05) is 19.3 Å². The lowest BCUT2D eigenvalue weighted by Crippen LogP contribution is -2.06. The third kappa shape index (κ3) is 2.67. The first-order valence-electron chi connectivity index (χ1n) is 5.88. The Labute approximate surface area is 102 Å². The van der Waals surface area contributed by atoms with E-state index in [1.54, 1.807) is 4.68 Å². The minimum Gasteiger partial charge on any atom is -0.376 e. The maximum Gasteiger partial charge on any atom is 0.0731 e. The van der Waals surface area contributed by atoms with Gasteiger partial charge in [0.1, 0.15) is 0 Å². The molecule has 0 aliphatic heterocycles. The molecule has 90 valence electrons. The average molecular weight is 229 g/mol. The van der Waals surface area contributed by atoms with Gasteiger partial charge in [-0.25, -0.2) is 0 Å². The summed E-state index contributed by atoms with van der Waals surface area (Å²) >= 11 is 0. The fraction of sp³-hybridized carbons (Fsp3) is 0.357. The zero-order chi connectivity index (χ0) is 12.4. The van der Waals surface area contributed by atoms with Gasteiger partial charge in [-0.05, 0) is 37.5 Å². The summed E-state index contributed by atoms with van der Waals surface area (Å²) < 4.78 is 1.80. The zero-order valence-electron chi connectivity index (χ0n) is 10.9. The molecule has 0 fully saturated rings. The van der Waals surface area contributed by atoms with Gasteiger partial charge in [-0.1, -0.05) is 18.2 Å². The van der Waals surface area contributed by atoms with Gasteiger partial charge in [-0.15, -0.1) is 0 Å². The van der Waals surface area contributed by atoms with Crippen molar-refractivity contribution in [2.24, 2.45) is 7.05 Å². The maximum absolute atomic E-state index is 4.15. The van der Waals surface area contributed by atoms with E-state index in [2.05, 4.69) is 49.4 Å². The fourth-order valence-corrected chi connectivity index (χ4v) is 1.86. The van der Waals surface area contributed by atoms with Crippen LogP contribution in [-0.4, -0.2) is 9.78 Å². The summed E-state index contributed by atoms with van der Waals surface area (Å²) in [5.74, 6) is 0. The minimum atomic E-state index is 0.290. The predicted molar refractivity (Wildman–Crippen MR) is 71.2 cm³/mol. The van der Waals surface area contributed by atoms with Crippen LogP contribution in [0.4, 0.5) is 5.69 Å². The van der Waals surface area contributed by atoms with Crippen molar-refractivity contribution in [3.8, 4) is 0 Å². The van der Waals surface area contributed by atoms with E-state index in [1.165, 1.54) is 16.7 Å². The van der Waals surface area contributed by atoms with Crippen molar-refractivity contribution in [1.29, 1.82) is 0 Å². The van der Waals surface area contributed by atoms with Crippen molar-refractivity contribution in [2.75, 3.05) is 5.32 Å². The highest BCUT2D eigenvalue weighted by Crippen LogP contribution is 2.20. The van der Waals surface area contributed by atoms with Crippen molar-refractivity contribution in [3.05, 3.63) is 47.3 Å². The Bertz CT molecular complexity index is 514. The lowest BCUT2D eigenvalue weighted by Gasteiger charge is -2.15. The fourth-order valence-electron chi connectivity index (χ4n) is 1.86. The molecule has 0 saturated heterocycles. The number of aryl methyl sites for hydroxylation is 3. The molecular formula is C14H19N3. The minimum absolute atomic E-state index is 0.290. The number of anilines is 1. The summed E-state index contributed by atoms with van der Waals surface area (Å²) in [6.45, 7) is 6.45. The van der Waals surface area contributed by atoms with Crippen LogP contribution in [0, 0.1) is 13.8 Å². The van der Waals surface area contributed by atoms with E-state index in [4.69, 9.17) is 0 Å². The molecule has 2 aromatic rings. The molecule has 0 amide bonds. The smallest absolute Gasteiger partial charge is 0.0731 e. The first-order valence-corrected chi connectivity index (χ1v) is 5.88. The number of hydrogen-bond acceptors (Lipinski definition) is 2. The lowest BCUT2D eigenvalue weighted by atomic mass is 10.0. The van der Waals surface area contributed by atoms with Crippen LogP contribution in [0.1, 0.15) is 29.7 Å². The lowest BCUT2D eigenvalue weighted by molar-refractivity contribution is 0.767. The van der Waals surface area contributed by atoms with Crippen LogP contribution in [0.3, 0.4) is 0 Å². The summed E-state index contributed by atoms with van der Waals surface area (Å²) in [6.07, 6.45) is 3.83. The number of nitrogens with zero attached hydrogens (tertiary/aromatic N) is 2. The van der Waals surface area contributed by atoms with Crippen LogP contribution >= 0.6 is 0 Å². The van der Waals surface area contributed by atoms with Crippen molar-refractivity contribution < 1.29 is 0 Å². The van der Waals surface area contributed by atoms with Gasteiger partial charge in [0.05, 0.1) is 11.9 Å². The van der Waals surface area contributed by atoms with E-state index in [-0.39, 0.29) is 0 Å². The highest BCUT2D eigenvalue weighted by Gasteiger charge is 2.07. The predicted octanol–water partition coefficient (Wildman–Crippen LogP) is 3.21. The van der Waals surface area contributed by atoms with Gasteiger partial charge in [-0.3, -0.25) is 4.68 Å². The van der Waals surface area contributed by atoms with Gasteiger partial charge in [0.2, 0.25) is 0 Å². The zero-order valence-corrected chi connectivity index (χ0v) is 10.9. The number of hydrogen-bond donors (Lipinski definition) is 1. The summed E-state index contributed by atoms with van der Waals surface area (Å²) in [5, 5.41) is 7.59. The molecule has 0 spiro atoms. The Hall–Kier alpha value is -1.77. The standard InChI is InChI=1S/C14H19N3/c1-10-5-6-13(7-11(10)2)12(3)16-14-8-15-17(4)9-14/h5-9,12,16H,1-4H3. The molecule has 1 N–H and O–H groups in total. The molecule has 0 bridgehead atoms. The molecule has 0 aliphatic carbocycles. The van der Waals surface area contributed by atoms with Crippen LogP contribution in [0.25, 0.3) is 0 Å². The van der Waals surface area contributed by atoms with E-state index in [0.29, 0.717) is 6.04 Å². The summed E-state index contributed by atoms with van der Waals surface area (Å²) in [6, 6.07) is 6.88. The molecule has 1 heterocycles. The van der Waals surface area contributed by atoms with Crippen LogP contribution in [0.15, 0.2) is 30.6 Å². The quantitative estimate of drug-likeness (QED) is 0.875. The first kappa shape index (κ1) is 11.7. The van der Waals surface area contributed by atoms with Gasteiger partial charge in [-0.2, -0.15) is 5.10 Å². The number of aromatic nitrogens is 2. The van der Waals surface area contributed by atoms with E-state index >= 15 is 0 Å². The van der Waals surface area contributed by atoms with E-state index in [1.807, 2.05) is 19.4 Å². The van der Waals surface area contributed by atoms with Crippen molar-refractivity contribution in [2.45, 2.75) is 26.8 Å². The number of rotatable bonds is 3. The molecular weight excluding hydrogens is 210 g/mol. The van der Waals surface area contributed by atoms with E-state index in [9.17, 15) is 0 Å². The Balaban J connectivity index is 2.14. The second-order valence-electron chi connectivity index (χ2n) is 4.61. The van der Waals surface area contributed by atoms with E-state index < -0.39 is 0 Å².